The number of nitrogens with zero attached hydrogens (tertiary/aromatic N) is 4. The second-order valence-corrected chi connectivity index (χ2v) is 7.45. The van der Waals surface area contributed by atoms with Crippen molar-refractivity contribution in [2.45, 2.75) is 30.3 Å². The average molecular weight is 299 g/mol. The van der Waals surface area contributed by atoms with Crippen LogP contribution in [0, 0.1) is 0 Å². The van der Waals surface area contributed by atoms with Gasteiger partial charge in [0, 0.05) is 26.2 Å². The Balaban J connectivity index is 1.80. The maximum atomic E-state index is 12.7. The maximum Gasteiger partial charge on any atom is 0.262 e. The molecular formula is C12H21N5O2S. The predicted octanol–water partition coefficient (Wildman–Crippen LogP) is -0.139. The number of hydrogen-bond donors (Lipinski definition) is 1. The van der Waals surface area contributed by atoms with Gasteiger partial charge >= 0.3 is 0 Å². The summed E-state index contributed by atoms with van der Waals surface area (Å²) in [6.07, 6.45) is 4.78. The molecule has 0 radical (unpaired) electrons. The number of likely N-dealkylation sites (tertiary alicyclic amines) is 1. The van der Waals surface area contributed by atoms with E-state index in [9.17, 15) is 8.42 Å². The molecule has 20 heavy (non-hydrogen) atoms. The third kappa shape index (κ3) is 2.21. The molecule has 0 amide bonds. The smallest absolute Gasteiger partial charge is 0.262 e. The summed E-state index contributed by atoms with van der Waals surface area (Å²) < 4.78 is 28.4. The Bertz CT molecular complexity index is 571. The second-order valence-electron chi connectivity index (χ2n) is 5.59. The molecule has 1 aromatic heterocycles. The van der Waals surface area contributed by atoms with Gasteiger partial charge in [-0.2, -0.15) is 4.31 Å². The van der Waals surface area contributed by atoms with Crippen LogP contribution in [-0.4, -0.2) is 59.4 Å². The number of aromatic nitrogens is 2. The highest BCUT2D eigenvalue weighted by molar-refractivity contribution is 7.89. The van der Waals surface area contributed by atoms with Gasteiger partial charge in [0.25, 0.3) is 10.0 Å². The fraction of sp³-hybridized carbons (Fsp3) is 0.750. The second kappa shape index (κ2) is 5.01. The van der Waals surface area contributed by atoms with Crippen molar-refractivity contribution >= 4 is 15.8 Å². The monoisotopic (exact) mass is 299 g/mol. The zero-order chi connectivity index (χ0) is 14.3. The van der Waals surface area contributed by atoms with Crippen molar-refractivity contribution in [3.05, 3.63) is 6.33 Å². The van der Waals surface area contributed by atoms with Gasteiger partial charge in [-0.3, -0.25) is 4.90 Å². The van der Waals surface area contributed by atoms with Crippen LogP contribution in [-0.2, 0) is 17.1 Å². The third-order valence-electron chi connectivity index (χ3n) is 4.28. The first-order chi connectivity index (χ1) is 9.50. The van der Waals surface area contributed by atoms with Crippen LogP contribution < -0.4 is 5.73 Å². The molecule has 8 heteroatoms. The number of sulfonamides is 1. The first-order valence-electron chi connectivity index (χ1n) is 7.01. The Morgan fingerprint density at radius 2 is 2.00 bits per heavy atom. The molecule has 2 fully saturated rings. The Hall–Kier alpha value is -1.12. The molecule has 2 aliphatic rings. The normalized spacial score (nSPS) is 25.6. The Morgan fingerprint density at radius 1 is 1.30 bits per heavy atom. The molecule has 0 bridgehead atoms. The molecule has 1 aromatic rings. The van der Waals surface area contributed by atoms with Crippen LogP contribution in [0.15, 0.2) is 11.4 Å². The maximum absolute atomic E-state index is 12.7. The van der Waals surface area contributed by atoms with Crippen LogP contribution in [0.5, 0.6) is 0 Å². The minimum Gasteiger partial charge on any atom is -0.381 e. The number of hydrogen-bond acceptors (Lipinski definition) is 5. The zero-order valence-electron chi connectivity index (χ0n) is 11.7. The summed E-state index contributed by atoms with van der Waals surface area (Å²) >= 11 is 0. The highest BCUT2D eigenvalue weighted by Gasteiger charge is 2.38. The molecule has 7 nitrogen and oxygen atoms in total. The fourth-order valence-corrected chi connectivity index (χ4v) is 4.89. The standard InChI is InChI=1S/C12H21N5O2S/c1-15-9-14-11(13)12(15)20(18,19)17-7-4-10(8-17)16-5-2-3-6-16/h9-10H,2-8,13H2,1H3. The van der Waals surface area contributed by atoms with Gasteiger partial charge in [0.15, 0.2) is 10.8 Å². The van der Waals surface area contributed by atoms with Gasteiger partial charge in [-0.05, 0) is 32.4 Å². The summed E-state index contributed by atoms with van der Waals surface area (Å²) in [4.78, 5) is 6.28. The lowest BCUT2D eigenvalue weighted by molar-refractivity contribution is 0.251. The number of imidazole rings is 1. The van der Waals surface area contributed by atoms with Crippen LogP contribution in [0.2, 0.25) is 0 Å². The van der Waals surface area contributed by atoms with Gasteiger partial charge in [0.1, 0.15) is 0 Å². The van der Waals surface area contributed by atoms with Gasteiger partial charge in [-0.25, -0.2) is 13.4 Å². The van der Waals surface area contributed by atoms with Crippen molar-refractivity contribution in [3.8, 4) is 0 Å². The minimum atomic E-state index is -3.54. The van der Waals surface area contributed by atoms with Crippen molar-refractivity contribution in [2.75, 3.05) is 31.9 Å². The molecule has 2 aliphatic heterocycles. The van der Waals surface area contributed by atoms with Crippen LogP contribution >= 0.6 is 0 Å². The van der Waals surface area contributed by atoms with Gasteiger partial charge in [0.2, 0.25) is 0 Å². The average Bonchev–Trinajstić information content (AvgIpc) is 3.08. The van der Waals surface area contributed by atoms with Crippen molar-refractivity contribution in [3.63, 3.8) is 0 Å². The van der Waals surface area contributed by atoms with E-state index in [1.807, 2.05) is 0 Å². The molecule has 0 saturated carbocycles. The van der Waals surface area contributed by atoms with Crippen LogP contribution in [0.3, 0.4) is 0 Å². The highest BCUT2D eigenvalue weighted by atomic mass is 32.2. The van der Waals surface area contributed by atoms with Crippen molar-refractivity contribution in [1.82, 2.24) is 18.8 Å². The molecule has 2 saturated heterocycles. The predicted molar refractivity (Wildman–Crippen MR) is 75.6 cm³/mol. The summed E-state index contributed by atoms with van der Waals surface area (Å²) in [7, 11) is -1.88. The van der Waals surface area contributed by atoms with Crippen molar-refractivity contribution in [2.24, 2.45) is 7.05 Å². The molecule has 3 rings (SSSR count). The topological polar surface area (TPSA) is 84.5 Å². The molecule has 1 unspecified atom stereocenters. The molecular weight excluding hydrogens is 278 g/mol. The lowest BCUT2D eigenvalue weighted by Crippen LogP contribution is -2.37. The Labute approximate surface area is 119 Å². The van der Waals surface area contributed by atoms with Crippen molar-refractivity contribution in [1.29, 1.82) is 0 Å². The van der Waals surface area contributed by atoms with E-state index in [1.54, 1.807) is 11.4 Å². The van der Waals surface area contributed by atoms with E-state index in [0.29, 0.717) is 19.1 Å². The van der Waals surface area contributed by atoms with E-state index in [0.717, 1.165) is 19.5 Å². The summed E-state index contributed by atoms with van der Waals surface area (Å²) in [5, 5.41) is 0.111. The quantitative estimate of drug-likeness (QED) is 0.840. The van der Waals surface area contributed by atoms with E-state index in [1.165, 1.54) is 23.7 Å². The molecule has 1 atom stereocenters. The van der Waals surface area contributed by atoms with Crippen LogP contribution in [0.25, 0.3) is 0 Å². The number of nitrogen functional groups attached to an aromatic ring is 1. The number of nitrogens with two attached hydrogens (primary N) is 1. The third-order valence-corrected chi connectivity index (χ3v) is 6.27. The van der Waals surface area contributed by atoms with Crippen LogP contribution in [0.4, 0.5) is 5.82 Å². The van der Waals surface area contributed by atoms with Gasteiger partial charge in [-0.1, -0.05) is 0 Å². The van der Waals surface area contributed by atoms with Gasteiger partial charge in [-0.15, -0.1) is 0 Å². The number of anilines is 1. The van der Waals surface area contributed by atoms with Gasteiger partial charge in [0.05, 0.1) is 6.33 Å². The van der Waals surface area contributed by atoms with Gasteiger partial charge < -0.3 is 10.3 Å². The molecule has 0 spiro atoms. The number of aryl methyl sites for hydroxylation is 1. The molecule has 2 N–H and O–H groups in total. The minimum absolute atomic E-state index is 0.0807. The SMILES string of the molecule is Cn1cnc(N)c1S(=O)(=O)N1CCC(N2CCCC2)C1. The van der Waals surface area contributed by atoms with E-state index < -0.39 is 10.0 Å². The Morgan fingerprint density at radius 3 is 2.60 bits per heavy atom. The summed E-state index contributed by atoms with van der Waals surface area (Å²) in [6.45, 7) is 3.31. The van der Waals surface area contributed by atoms with E-state index in [2.05, 4.69) is 9.88 Å². The molecule has 112 valence electrons. The van der Waals surface area contributed by atoms with Crippen LogP contribution in [0.1, 0.15) is 19.3 Å². The summed E-state index contributed by atoms with van der Waals surface area (Å²) in [5.74, 6) is 0.0807. The summed E-state index contributed by atoms with van der Waals surface area (Å²) in [6, 6.07) is 0.349. The first kappa shape index (κ1) is 13.8. The molecule has 3 heterocycles. The fourth-order valence-electron chi connectivity index (χ4n) is 3.21. The highest BCUT2D eigenvalue weighted by Crippen LogP contribution is 2.27. The zero-order valence-corrected chi connectivity index (χ0v) is 12.5. The lowest BCUT2D eigenvalue weighted by Gasteiger charge is -2.23. The first-order valence-corrected chi connectivity index (χ1v) is 8.45. The van der Waals surface area contributed by atoms with E-state index in [4.69, 9.17) is 5.73 Å². The van der Waals surface area contributed by atoms with E-state index in [-0.39, 0.29) is 10.8 Å². The number of rotatable bonds is 3. The lowest BCUT2D eigenvalue weighted by atomic mass is 10.2. The summed E-state index contributed by atoms with van der Waals surface area (Å²) in [5.41, 5.74) is 5.70. The largest absolute Gasteiger partial charge is 0.381 e. The molecule has 0 aliphatic carbocycles. The molecule has 0 aromatic carbocycles. The van der Waals surface area contributed by atoms with Crippen molar-refractivity contribution < 1.29 is 8.42 Å². The Kier molecular flexibility index (Phi) is 3.47. The van der Waals surface area contributed by atoms with E-state index >= 15 is 0 Å².